The van der Waals surface area contributed by atoms with Gasteiger partial charge in [0.25, 0.3) is 0 Å². The van der Waals surface area contributed by atoms with E-state index in [0.29, 0.717) is 16.0 Å². The number of hydrogen-bond acceptors (Lipinski definition) is 2. The molecule has 0 amide bonds. The van der Waals surface area contributed by atoms with Crippen LogP contribution in [-0.2, 0) is 0 Å². The van der Waals surface area contributed by atoms with E-state index in [4.69, 9.17) is 5.73 Å². The Bertz CT molecular complexity index is 384. The summed E-state index contributed by atoms with van der Waals surface area (Å²) in [6.45, 7) is 0. The topological polar surface area (TPSA) is 46.2 Å². The van der Waals surface area contributed by atoms with Gasteiger partial charge in [-0.2, -0.15) is 0 Å². The second-order valence-corrected chi connectivity index (χ2v) is 4.90. The lowest BCUT2D eigenvalue weighted by atomic mass is 9.77. The van der Waals surface area contributed by atoms with Gasteiger partial charge in [-0.25, -0.2) is 4.39 Å². The molecule has 1 fully saturated rings. The van der Waals surface area contributed by atoms with Gasteiger partial charge in [-0.15, -0.1) is 12.4 Å². The van der Waals surface area contributed by atoms with Gasteiger partial charge in [0.2, 0.25) is 0 Å². The van der Waals surface area contributed by atoms with Crippen molar-refractivity contribution < 1.29 is 9.50 Å². The molecule has 1 aromatic rings. The third kappa shape index (κ3) is 2.50. The van der Waals surface area contributed by atoms with Crippen LogP contribution in [0.15, 0.2) is 16.6 Å². The molecule has 5 heteroatoms. The highest BCUT2D eigenvalue weighted by molar-refractivity contribution is 9.10. The number of benzene rings is 1. The summed E-state index contributed by atoms with van der Waals surface area (Å²) < 4.78 is 13.5. The largest absolute Gasteiger partial charge is 0.506 e. The van der Waals surface area contributed by atoms with Crippen LogP contribution >= 0.6 is 28.3 Å². The number of hydrogen-bond donors (Lipinski definition) is 2. The van der Waals surface area contributed by atoms with Crippen LogP contribution in [0.25, 0.3) is 0 Å². The van der Waals surface area contributed by atoms with Crippen molar-refractivity contribution in [1.29, 1.82) is 0 Å². The second-order valence-electron chi connectivity index (χ2n) is 4.04. The maximum atomic E-state index is 13.2. The molecule has 0 aliphatic heterocycles. The first-order valence-corrected chi connectivity index (χ1v) is 5.82. The molecule has 0 saturated heterocycles. The van der Waals surface area contributed by atoms with Gasteiger partial charge in [-0.05, 0) is 46.8 Å². The number of halogens is 3. The van der Waals surface area contributed by atoms with Gasteiger partial charge in [-0.1, -0.05) is 6.42 Å². The summed E-state index contributed by atoms with van der Waals surface area (Å²) in [6.07, 6.45) is 3.30. The third-order valence-electron chi connectivity index (χ3n) is 3.07. The Balaban J connectivity index is 0.00000128. The summed E-state index contributed by atoms with van der Waals surface area (Å²) in [5.41, 5.74) is 6.50. The summed E-state index contributed by atoms with van der Waals surface area (Å²) in [5.74, 6) is 0.0739. The molecular weight excluding hydrogens is 296 g/mol. The molecule has 1 saturated carbocycles. The predicted octanol–water partition coefficient (Wildman–Crippen LogP) is 3.52. The van der Waals surface area contributed by atoms with E-state index in [-0.39, 0.29) is 30.0 Å². The van der Waals surface area contributed by atoms with Gasteiger partial charge in [0.15, 0.2) is 0 Å². The Labute approximate surface area is 109 Å². The number of nitrogens with two attached hydrogens (primary N) is 1. The SMILES string of the molecule is Cl.N[C@H](c1cc(F)cc(Br)c1O)C1CCC1. The van der Waals surface area contributed by atoms with Gasteiger partial charge < -0.3 is 10.8 Å². The molecule has 0 radical (unpaired) electrons. The fourth-order valence-electron chi connectivity index (χ4n) is 1.89. The van der Waals surface area contributed by atoms with E-state index in [9.17, 15) is 9.50 Å². The number of phenols is 1. The quantitative estimate of drug-likeness (QED) is 0.878. The lowest BCUT2D eigenvalue weighted by Gasteiger charge is -2.31. The van der Waals surface area contributed by atoms with Crippen molar-refractivity contribution >= 4 is 28.3 Å². The molecule has 0 spiro atoms. The van der Waals surface area contributed by atoms with Crippen LogP contribution in [0.2, 0.25) is 0 Å². The van der Waals surface area contributed by atoms with Crippen molar-refractivity contribution in [3.63, 3.8) is 0 Å². The van der Waals surface area contributed by atoms with Crippen molar-refractivity contribution in [3.8, 4) is 5.75 Å². The van der Waals surface area contributed by atoms with Crippen LogP contribution in [0.5, 0.6) is 5.75 Å². The highest BCUT2D eigenvalue weighted by atomic mass is 79.9. The maximum Gasteiger partial charge on any atom is 0.134 e. The zero-order valence-corrected chi connectivity index (χ0v) is 11.0. The maximum absolute atomic E-state index is 13.2. The average molecular weight is 311 g/mol. The molecule has 0 aromatic heterocycles. The average Bonchev–Trinajstić information content (AvgIpc) is 2.08. The first-order valence-electron chi connectivity index (χ1n) is 5.03. The lowest BCUT2D eigenvalue weighted by Crippen LogP contribution is -2.27. The van der Waals surface area contributed by atoms with E-state index in [1.54, 1.807) is 0 Å². The highest BCUT2D eigenvalue weighted by Gasteiger charge is 2.28. The minimum atomic E-state index is -0.371. The second kappa shape index (κ2) is 5.34. The van der Waals surface area contributed by atoms with E-state index >= 15 is 0 Å². The normalized spacial score (nSPS) is 17.4. The summed E-state index contributed by atoms with van der Waals surface area (Å²) in [5, 5.41) is 9.77. The van der Waals surface area contributed by atoms with Crippen molar-refractivity contribution in [2.45, 2.75) is 25.3 Å². The number of aromatic hydroxyl groups is 1. The summed E-state index contributed by atoms with van der Waals surface area (Å²) >= 11 is 3.11. The van der Waals surface area contributed by atoms with Crippen molar-refractivity contribution in [2.24, 2.45) is 11.7 Å². The molecule has 1 aromatic carbocycles. The van der Waals surface area contributed by atoms with Crippen molar-refractivity contribution in [3.05, 3.63) is 28.0 Å². The fourth-order valence-corrected chi connectivity index (χ4v) is 2.34. The van der Waals surface area contributed by atoms with Gasteiger partial charge in [-0.3, -0.25) is 0 Å². The van der Waals surface area contributed by atoms with Gasteiger partial charge in [0.05, 0.1) is 4.47 Å². The Morgan fingerprint density at radius 2 is 2.06 bits per heavy atom. The standard InChI is InChI=1S/C11H13BrFNO.ClH/c12-9-5-7(13)4-8(11(9)15)10(14)6-2-1-3-6;/h4-6,10,15H,1-3,14H2;1H/t10-;/m0./s1. The molecular formula is C11H14BrClFNO. The molecule has 1 atom stereocenters. The van der Waals surface area contributed by atoms with E-state index < -0.39 is 0 Å². The molecule has 2 nitrogen and oxygen atoms in total. The Hall–Kier alpha value is -0.320. The monoisotopic (exact) mass is 309 g/mol. The lowest BCUT2D eigenvalue weighted by molar-refractivity contribution is 0.260. The first kappa shape index (κ1) is 13.7. The molecule has 3 N–H and O–H groups in total. The first-order chi connectivity index (χ1) is 7.09. The fraction of sp³-hybridized carbons (Fsp3) is 0.455. The molecule has 1 aliphatic rings. The van der Waals surface area contributed by atoms with Crippen LogP contribution in [-0.4, -0.2) is 5.11 Å². The Kier molecular flexibility index (Phi) is 4.59. The summed E-state index contributed by atoms with van der Waals surface area (Å²) in [7, 11) is 0. The zero-order chi connectivity index (χ0) is 11.0. The van der Waals surface area contributed by atoms with Gasteiger partial charge in [0.1, 0.15) is 11.6 Å². The third-order valence-corrected chi connectivity index (χ3v) is 3.68. The van der Waals surface area contributed by atoms with E-state index in [1.165, 1.54) is 18.6 Å². The summed E-state index contributed by atoms with van der Waals surface area (Å²) in [4.78, 5) is 0. The number of phenolic OH excluding ortho intramolecular Hbond substituents is 1. The number of rotatable bonds is 2. The predicted molar refractivity (Wildman–Crippen MR) is 67.3 cm³/mol. The van der Waals surface area contributed by atoms with Gasteiger partial charge in [0, 0.05) is 11.6 Å². The minimum absolute atomic E-state index is 0. The Morgan fingerprint density at radius 3 is 2.56 bits per heavy atom. The van der Waals surface area contributed by atoms with Crippen LogP contribution in [0, 0.1) is 11.7 Å². The summed E-state index contributed by atoms with van der Waals surface area (Å²) in [6, 6.07) is 2.31. The van der Waals surface area contributed by atoms with Crippen molar-refractivity contribution in [1.82, 2.24) is 0 Å². The Morgan fingerprint density at radius 1 is 1.44 bits per heavy atom. The zero-order valence-electron chi connectivity index (χ0n) is 8.62. The van der Waals surface area contributed by atoms with Crippen LogP contribution in [0.4, 0.5) is 4.39 Å². The van der Waals surface area contributed by atoms with Crippen molar-refractivity contribution in [2.75, 3.05) is 0 Å². The highest BCUT2D eigenvalue weighted by Crippen LogP contribution is 2.41. The molecule has 0 bridgehead atoms. The minimum Gasteiger partial charge on any atom is -0.506 e. The molecule has 1 aliphatic carbocycles. The molecule has 2 rings (SSSR count). The molecule has 16 heavy (non-hydrogen) atoms. The van der Waals surface area contributed by atoms with E-state index in [0.717, 1.165) is 12.8 Å². The van der Waals surface area contributed by atoms with E-state index in [2.05, 4.69) is 15.9 Å². The molecule has 0 heterocycles. The molecule has 0 unspecified atom stereocenters. The van der Waals surface area contributed by atoms with E-state index in [1.807, 2.05) is 0 Å². The smallest absolute Gasteiger partial charge is 0.134 e. The van der Waals surface area contributed by atoms with Gasteiger partial charge >= 0.3 is 0 Å². The van der Waals surface area contributed by atoms with Crippen LogP contribution in [0.3, 0.4) is 0 Å². The van der Waals surface area contributed by atoms with Crippen LogP contribution in [0.1, 0.15) is 30.9 Å². The molecule has 90 valence electrons. The van der Waals surface area contributed by atoms with Crippen LogP contribution < -0.4 is 5.73 Å².